The number of hydrogen-bond donors (Lipinski definition) is 2. The van der Waals surface area contributed by atoms with Crippen LogP contribution in [0.3, 0.4) is 0 Å². The van der Waals surface area contributed by atoms with Crippen molar-refractivity contribution in [1.29, 1.82) is 0 Å². The lowest BCUT2D eigenvalue weighted by Crippen LogP contribution is -2.14. The minimum atomic E-state index is -3.90. The lowest BCUT2D eigenvalue weighted by atomic mass is 10.2. The zero-order chi connectivity index (χ0) is 15.6. The molecule has 2 rings (SSSR count). The Morgan fingerprint density at radius 1 is 1.19 bits per heavy atom. The maximum atomic E-state index is 13.5. The van der Waals surface area contributed by atoms with Crippen LogP contribution in [0.5, 0.6) is 5.75 Å². The minimum Gasteiger partial charge on any atom is -0.495 e. The van der Waals surface area contributed by atoms with E-state index >= 15 is 0 Å². The maximum absolute atomic E-state index is 13.5. The Kier molecular flexibility index (Phi) is 4.04. The van der Waals surface area contributed by atoms with Crippen molar-refractivity contribution in [3.05, 3.63) is 47.8 Å². The summed E-state index contributed by atoms with van der Waals surface area (Å²) >= 11 is 0. The van der Waals surface area contributed by atoms with E-state index in [1.807, 2.05) is 0 Å². The highest BCUT2D eigenvalue weighted by atomic mass is 32.2. The van der Waals surface area contributed by atoms with Crippen molar-refractivity contribution in [3.8, 4) is 5.75 Å². The standard InChI is InChI=1S/C14H15FN2O3S/c1-9-3-5-11(8-12(9)15)17-21(18,19)14-6-4-10(16)7-13(14)20-2/h3-8,17H,16H2,1-2H3. The van der Waals surface area contributed by atoms with Gasteiger partial charge in [-0.2, -0.15) is 0 Å². The molecule has 2 aromatic carbocycles. The summed E-state index contributed by atoms with van der Waals surface area (Å²) in [6.07, 6.45) is 0. The van der Waals surface area contributed by atoms with Gasteiger partial charge < -0.3 is 10.5 Å². The smallest absolute Gasteiger partial charge is 0.265 e. The first-order chi connectivity index (χ1) is 9.83. The maximum Gasteiger partial charge on any atom is 0.265 e. The van der Waals surface area contributed by atoms with Crippen LogP contribution in [0.4, 0.5) is 15.8 Å². The van der Waals surface area contributed by atoms with E-state index in [0.29, 0.717) is 11.3 Å². The number of benzene rings is 2. The molecule has 112 valence electrons. The summed E-state index contributed by atoms with van der Waals surface area (Å²) in [5.74, 6) is -0.366. The van der Waals surface area contributed by atoms with Gasteiger partial charge in [0.25, 0.3) is 10.0 Å². The summed E-state index contributed by atoms with van der Waals surface area (Å²) in [7, 11) is -2.55. The molecule has 0 amide bonds. The number of sulfonamides is 1. The molecule has 3 N–H and O–H groups in total. The molecule has 0 heterocycles. The molecular weight excluding hydrogens is 295 g/mol. The van der Waals surface area contributed by atoms with Crippen LogP contribution in [0.1, 0.15) is 5.56 Å². The van der Waals surface area contributed by atoms with E-state index in [1.54, 1.807) is 6.92 Å². The summed E-state index contributed by atoms with van der Waals surface area (Å²) in [5.41, 5.74) is 6.54. The highest BCUT2D eigenvalue weighted by Crippen LogP contribution is 2.28. The second-order valence-corrected chi connectivity index (χ2v) is 6.13. The largest absolute Gasteiger partial charge is 0.495 e. The minimum absolute atomic E-state index is 0.0693. The fourth-order valence-corrected chi connectivity index (χ4v) is 2.97. The fraction of sp³-hybridized carbons (Fsp3) is 0.143. The molecule has 0 bridgehead atoms. The first-order valence-corrected chi connectivity index (χ1v) is 7.54. The number of ether oxygens (including phenoxy) is 1. The van der Waals surface area contributed by atoms with Gasteiger partial charge >= 0.3 is 0 Å². The number of methoxy groups -OCH3 is 1. The quantitative estimate of drug-likeness (QED) is 0.850. The average molecular weight is 310 g/mol. The summed E-state index contributed by atoms with van der Waals surface area (Å²) in [6, 6.07) is 8.29. The molecule has 0 unspecified atom stereocenters. The van der Waals surface area contributed by atoms with Gasteiger partial charge in [0.05, 0.1) is 12.8 Å². The van der Waals surface area contributed by atoms with Crippen LogP contribution in [0, 0.1) is 12.7 Å². The van der Waals surface area contributed by atoms with Gasteiger partial charge in [-0.3, -0.25) is 4.72 Å². The van der Waals surface area contributed by atoms with E-state index in [-0.39, 0.29) is 16.3 Å². The molecule has 7 heteroatoms. The van der Waals surface area contributed by atoms with E-state index in [9.17, 15) is 12.8 Å². The molecule has 0 saturated heterocycles. The van der Waals surface area contributed by atoms with Crippen LogP contribution in [0.15, 0.2) is 41.3 Å². The second kappa shape index (κ2) is 5.61. The molecule has 0 aliphatic carbocycles. The third-order valence-corrected chi connectivity index (χ3v) is 4.32. The molecule has 5 nitrogen and oxygen atoms in total. The summed E-state index contributed by atoms with van der Waals surface area (Å²) in [6.45, 7) is 1.59. The molecule has 0 spiro atoms. The van der Waals surface area contributed by atoms with Gasteiger partial charge in [-0.1, -0.05) is 6.07 Å². The van der Waals surface area contributed by atoms with Crippen LogP contribution in [0.2, 0.25) is 0 Å². The Morgan fingerprint density at radius 3 is 2.52 bits per heavy atom. The van der Waals surface area contributed by atoms with Gasteiger partial charge in [0, 0.05) is 11.8 Å². The predicted octanol–water partition coefficient (Wildman–Crippen LogP) is 2.53. The lowest BCUT2D eigenvalue weighted by Gasteiger charge is -2.12. The predicted molar refractivity (Wildman–Crippen MR) is 79.4 cm³/mol. The van der Waals surface area contributed by atoms with Gasteiger partial charge in [-0.25, -0.2) is 12.8 Å². The summed E-state index contributed by atoms with van der Waals surface area (Å²) in [4.78, 5) is -0.0693. The van der Waals surface area contributed by atoms with Crippen molar-refractivity contribution in [2.24, 2.45) is 0 Å². The molecule has 0 fully saturated rings. The molecule has 0 aliphatic heterocycles. The molecule has 0 atom stereocenters. The van der Waals surface area contributed by atoms with Gasteiger partial charge in [0.2, 0.25) is 0 Å². The number of nitrogens with one attached hydrogen (secondary N) is 1. The Hall–Kier alpha value is -2.28. The van der Waals surface area contributed by atoms with E-state index in [4.69, 9.17) is 10.5 Å². The highest BCUT2D eigenvalue weighted by molar-refractivity contribution is 7.92. The molecule has 0 radical (unpaired) electrons. The van der Waals surface area contributed by atoms with E-state index in [2.05, 4.69) is 4.72 Å². The fourth-order valence-electron chi connectivity index (χ4n) is 1.77. The molecule has 21 heavy (non-hydrogen) atoms. The van der Waals surface area contributed by atoms with Crippen LogP contribution in [-0.4, -0.2) is 15.5 Å². The summed E-state index contributed by atoms with van der Waals surface area (Å²) in [5, 5.41) is 0. The van der Waals surface area contributed by atoms with E-state index in [0.717, 1.165) is 6.07 Å². The Labute approximate surface area is 122 Å². The zero-order valence-corrected chi connectivity index (χ0v) is 12.4. The van der Waals surface area contributed by atoms with Crippen LogP contribution in [-0.2, 0) is 10.0 Å². The van der Waals surface area contributed by atoms with Crippen molar-refractivity contribution >= 4 is 21.4 Å². The SMILES string of the molecule is COc1cc(N)ccc1S(=O)(=O)Nc1ccc(C)c(F)c1. The molecular formula is C14H15FN2O3S. The first kappa shape index (κ1) is 15.1. The number of hydrogen-bond acceptors (Lipinski definition) is 4. The number of aryl methyl sites for hydroxylation is 1. The van der Waals surface area contributed by atoms with E-state index in [1.165, 1.54) is 37.4 Å². The van der Waals surface area contributed by atoms with Crippen molar-refractivity contribution in [2.45, 2.75) is 11.8 Å². The van der Waals surface area contributed by atoms with Crippen molar-refractivity contribution in [2.75, 3.05) is 17.6 Å². The number of nitrogen functional groups attached to an aromatic ring is 1. The number of rotatable bonds is 4. The van der Waals surface area contributed by atoms with Crippen LogP contribution >= 0.6 is 0 Å². The monoisotopic (exact) mass is 310 g/mol. The topological polar surface area (TPSA) is 81.4 Å². The molecule has 0 aromatic heterocycles. The van der Waals surface area contributed by atoms with Gasteiger partial charge in [0.15, 0.2) is 0 Å². The third kappa shape index (κ3) is 3.25. The van der Waals surface area contributed by atoms with Gasteiger partial charge in [-0.05, 0) is 36.8 Å². The molecule has 2 aromatic rings. The molecule has 0 aliphatic rings. The number of halogens is 1. The average Bonchev–Trinajstić information content (AvgIpc) is 2.42. The second-order valence-electron chi connectivity index (χ2n) is 4.48. The molecule has 0 saturated carbocycles. The lowest BCUT2D eigenvalue weighted by molar-refractivity contribution is 0.403. The third-order valence-electron chi connectivity index (χ3n) is 2.90. The van der Waals surface area contributed by atoms with Crippen LogP contribution in [0.25, 0.3) is 0 Å². The van der Waals surface area contributed by atoms with E-state index < -0.39 is 15.8 Å². The Bertz CT molecular complexity index is 776. The normalized spacial score (nSPS) is 11.2. The Morgan fingerprint density at radius 2 is 1.90 bits per heavy atom. The summed E-state index contributed by atoms with van der Waals surface area (Å²) < 4.78 is 45.5. The van der Waals surface area contributed by atoms with Crippen molar-refractivity contribution in [3.63, 3.8) is 0 Å². The first-order valence-electron chi connectivity index (χ1n) is 6.06. The number of anilines is 2. The Balaban J connectivity index is 2.40. The zero-order valence-electron chi connectivity index (χ0n) is 11.6. The highest BCUT2D eigenvalue weighted by Gasteiger charge is 2.20. The van der Waals surface area contributed by atoms with Crippen molar-refractivity contribution in [1.82, 2.24) is 0 Å². The van der Waals surface area contributed by atoms with Gasteiger partial charge in [0.1, 0.15) is 16.5 Å². The van der Waals surface area contributed by atoms with Crippen LogP contribution < -0.4 is 15.2 Å². The number of nitrogens with two attached hydrogens (primary N) is 1. The van der Waals surface area contributed by atoms with Gasteiger partial charge in [-0.15, -0.1) is 0 Å². The van der Waals surface area contributed by atoms with Crippen molar-refractivity contribution < 1.29 is 17.5 Å².